The molecule has 1 aliphatic heterocycles. The van der Waals surface area contributed by atoms with Gasteiger partial charge in [-0.3, -0.25) is 14.6 Å². The van der Waals surface area contributed by atoms with Crippen LogP contribution < -0.4 is 0 Å². The van der Waals surface area contributed by atoms with Gasteiger partial charge in [-0.15, -0.1) is 0 Å². The van der Waals surface area contributed by atoms with Gasteiger partial charge in [0.2, 0.25) is 0 Å². The maximum Gasteiger partial charge on any atom is 0.255 e. The molecular formula is C16H14N2O3. The predicted octanol–water partition coefficient (Wildman–Crippen LogP) is 1.80. The molecule has 0 atom stereocenters. The van der Waals surface area contributed by atoms with Gasteiger partial charge in [0.1, 0.15) is 5.75 Å². The highest BCUT2D eigenvalue weighted by Crippen LogP contribution is 2.26. The molecule has 0 aliphatic carbocycles. The monoisotopic (exact) mass is 282 g/mol. The summed E-state index contributed by atoms with van der Waals surface area (Å²) < 4.78 is 0. The van der Waals surface area contributed by atoms with Gasteiger partial charge in [0.15, 0.2) is 6.29 Å². The van der Waals surface area contributed by atoms with Crippen LogP contribution in [0.25, 0.3) is 0 Å². The van der Waals surface area contributed by atoms with E-state index in [0.29, 0.717) is 31.4 Å². The molecule has 3 rings (SSSR count). The topological polar surface area (TPSA) is 70.5 Å². The molecule has 0 saturated carbocycles. The molecule has 0 unspecified atom stereocenters. The van der Waals surface area contributed by atoms with Gasteiger partial charge < -0.3 is 10.0 Å². The van der Waals surface area contributed by atoms with E-state index in [1.165, 1.54) is 0 Å². The van der Waals surface area contributed by atoms with Crippen LogP contribution in [0.3, 0.4) is 0 Å². The predicted molar refractivity (Wildman–Crippen MR) is 76.2 cm³/mol. The number of carbonyl (C=O) groups is 2. The summed E-state index contributed by atoms with van der Waals surface area (Å²) in [6.45, 7) is 1.02. The lowest BCUT2D eigenvalue weighted by atomic mass is 9.96. The van der Waals surface area contributed by atoms with E-state index in [0.717, 1.165) is 11.1 Å². The number of amides is 1. The zero-order chi connectivity index (χ0) is 14.8. The minimum Gasteiger partial charge on any atom is -0.507 e. The van der Waals surface area contributed by atoms with Crippen LogP contribution in [0.2, 0.25) is 0 Å². The Labute approximate surface area is 121 Å². The van der Waals surface area contributed by atoms with Gasteiger partial charge in [-0.1, -0.05) is 0 Å². The number of aromatic nitrogens is 1. The van der Waals surface area contributed by atoms with Crippen LogP contribution >= 0.6 is 0 Å². The van der Waals surface area contributed by atoms with E-state index in [-0.39, 0.29) is 17.2 Å². The fourth-order valence-electron chi connectivity index (χ4n) is 2.56. The third-order valence-corrected chi connectivity index (χ3v) is 3.68. The molecule has 0 spiro atoms. The number of benzene rings is 1. The molecule has 1 amide bonds. The quantitative estimate of drug-likeness (QED) is 0.853. The summed E-state index contributed by atoms with van der Waals surface area (Å²) in [7, 11) is 0. The minimum absolute atomic E-state index is 0.00390. The number of aldehydes is 1. The Morgan fingerprint density at radius 1 is 1.33 bits per heavy atom. The minimum atomic E-state index is -0.0746. The maximum absolute atomic E-state index is 12.4. The van der Waals surface area contributed by atoms with Crippen LogP contribution in [0.15, 0.2) is 36.7 Å². The Hall–Kier alpha value is -2.69. The molecule has 1 aromatic heterocycles. The smallest absolute Gasteiger partial charge is 0.255 e. The largest absolute Gasteiger partial charge is 0.507 e. The second kappa shape index (κ2) is 5.36. The van der Waals surface area contributed by atoms with Crippen molar-refractivity contribution < 1.29 is 14.7 Å². The first-order chi connectivity index (χ1) is 10.2. The average Bonchev–Trinajstić information content (AvgIpc) is 2.54. The molecule has 5 heteroatoms. The van der Waals surface area contributed by atoms with Crippen molar-refractivity contribution in [2.45, 2.75) is 13.0 Å². The second-order valence-corrected chi connectivity index (χ2v) is 5.02. The lowest BCUT2D eigenvalue weighted by Gasteiger charge is -2.29. The number of phenolic OH excluding ortho intramolecular Hbond substituents is 1. The van der Waals surface area contributed by atoms with E-state index < -0.39 is 0 Å². The molecule has 2 aromatic rings. The lowest BCUT2D eigenvalue weighted by molar-refractivity contribution is 0.0734. The molecule has 1 aromatic carbocycles. The third kappa shape index (κ3) is 2.50. The maximum atomic E-state index is 12.4. The molecule has 21 heavy (non-hydrogen) atoms. The standard InChI is InChI=1S/C16H14N2O3/c19-10-14-6-13-9-18(5-3-11(13)7-15(14)20)16(21)12-2-1-4-17-8-12/h1-2,4,6-8,10,20H,3,5,9H2. The van der Waals surface area contributed by atoms with Crippen molar-refractivity contribution in [1.29, 1.82) is 0 Å². The Bertz CT molecular complexity index is 698. The summed E-state index contributed by atoms with van der Waals surface area (Å²) in [5.41, 5.74) is 2.69. The molecule has 0 radical (unpaired) electrons. The SMILES string of the molecule is O=Cc1cc2c(cc1O)CCN(C(=O)c1cccnc1)C2. The van der Waals surface area contributed by atoms with Crippen LogP contribution in [0.5, 0.6) is 5.75 Å². The molecular weight excluding hydrogens is 268 g/mol. The number of hydrogen-bond acceptors (Lipinski definition) is 4. The molecule has 5 nitrogen and oxygen atoms in total. The number of rotatable bonds is 2. The Balaban J connectivity index is 1.87. The Morgan fingerprint density at radius 2 is 2.19 bits per heavy atom. The normalized spacial score (nSPS) is 13.6. The highest BCUT2D eigenvalue weighted by atomic mass is 16.3. The van der Waals surface area contributed by atoms with Gasteiger partial charge in [-0.2, -0.15) is 0 Å². The number of pyridine rings is 1. The second-order valence-electron chi connectivity index (χ2n) is 5.02. The summed E-state index contributed by atoms with van der Waals surface area (Å²) >= 11 is 0. The van der Waals surface area contributed by atoms with E-state index in [4.69, 9.17) is 0 Å². The first-order valence-corrected chi connectivity index (χ1v) is 6.68. The number of phenols is 1. The fraction of sp³-hybridized carbons (Fsp3) is 0.188. The van der Waals surface area contributed by atoms with Crippen LogP contribution in [0, 0.1) is 0 Å². The zero-order valence-corrected chi connectivity index (χ0v) is 11.3. The van der Waals surface area contributed by atoms with Crippen LogP contribution in [-0.2, 0) is 13.0 Å². The van der Waals surface area contributed by atoms with Crippen molar-refractivity contribution >= 4 is 12.2 Å². The first kappa shape index (κ1) is 13.3. The fourth-order valence-corrected chi connectivity index (χ4v) is 2.56. The van der Waals surface area contributed by atoms with Gasteiger partial charge in [0.25, 0.3) is 5.91 Å². The van der Waals surface area contributed by atoms with Crippen molar-refractivity contribution in [2.24, 2.45) is 0 Å². The van der Waals surface area contributed by atoms with Gasteiger partial charge in [0.05, 0.1) is 11.1 Å². The third-order valence-electron chi connectivity index (χ3n) is 3.68. The van der Waals surface area contributed by atoms with Crippen molar-refractivity contribution in [3.05, 3.63) is 58.9 Å². The molecule has 0 bridgehead atoms. The molecule has 1 aliphatic rings. The molecule has 1 N–H and O–H groups in total. The Morgan fingerprint density at radius 3 is 2.90 bits per heavy atom. The number of carbonyl (C=O) groups excluding carboxylic acids is 2. The highest BCUT2D eigenvalue weighted by Gasteiger charge is 2.23. The lowest BCUT2D eigenvalue weighted by Crippen LogP contribution is -2.36. The molecule has 106 valence electrons. The summed E-state index contributed by atoms with van der Waals surface area (Å²) in [5, 5.41) is 9.70. The highest BCUT2D eigenvalue weighted by molar-refractivity contribution is 5.94. The molecule has 0 fully saturated rings. The summed E-state index contributed by atoms with van der Waals surface area (Å²) in [6, 6.07) is 6.73. The molecule has 2 heterocycles. The van der Waals surface area contributed by atoms with E-state index >= 15 is 0 Å². The van der Waals surface area contributed by atoms with Gasteiger partial charge in [0, 0.05) is 25.5 Å². The first-order valence-electron chi connectivity index (χ1n) is 6.68. The van der Waals surface area contributed by atoms with Crippen LogP contribution in [-0.4, -0.2) is 33.7 Å². The van der Waals surface area contributed by atoms with Gasteiger partial charge in [-0.05, 0) is 41.8 Å². The average molecular weight is 282 g/mol. The van der Waals surface area contributed by atoms with E-state index in [2.05, 4.69) is 4.98 Å². The number of aromatic hydroxyl groups is 1. The van der Waals surface area contributed by atoms with Crippen LogP contribution in [0.4, 0.5) is 0 Å². The van der Waals surface area contributed by atoms with Crippen LogP contribution in [0.1, 0.15) is 31.8 Å². The zero-order valence-electron chi connectivity index (χ0n) is 11.3. The van der Waals surface area contributed by atoms with Crippen molar-refractivity contribution in [2.75, 3.05) is 6.54 Å². The van der Waals surface area contributed by atoms with Crippen molar-refractivity contribution in [1.82, 2.24) is 9.88 Å². The van der Waals surface area contributed by atoms with E-state index in [1.54, 1.807) is 41.6 Å². The summed E-state index contributed by atoms with van der Waals surface area (Å²) in [6.07, 6.45) is 4.46. The summed E-state index contributed by atoms with van der Waals surface area (Å²) in [4.78, 5) is 29.0. The number of fused-ring (bicyclic) bond motifs is 1. The summed E-state index contributed by atoms with van der Waals surface area (Å²) in [5.74, 6) is -0.0785. The number of hydrogen-bond donors (Lipinski definition) is 1. The van der Waals surface area contributed by atoms with Crippen molar-refractivity contribution in [3.8, 4) is 5.75 Å². The Kier molecular flexibility index (Phi) is 3.39. The molecule has 0 saturated heterocycles. The van der Waals surface area contributed by atoms with E-state index in [9.17, 15) is 14.7 Å². The van der Waals surface area contributed by atoms with E-state index in [1.807, 2.05) is 0 Å². The number of nitrogens with zero attached hydrogens (tertiary/aromatic N) is 2. The van der Waals surface area contributed by atoms with Crippen molar-refractivity contribution in [3.63, 3.8) is 0 Å². The van der Waals surface area contributed by atoms with Gasteiger partial charge >= 0.3 is 0 Å². The van der Waals surface area contributed by atoms with Gasteiger partial charge in [-0.25, -0.2) is 0 Å².